The van der Waals surface area contributed by atoms with Crippen LogP contribution in [0.4, 0.5) is 0 Å². The molecule has 17 heteroatoms. The van der Waals surface area contributed by atoms with Crippen molar-refractivity contribution < 1.29 is 24.3 Å². The molecule has 244 valence electrons. The molecule has 3 amide bonds. The fraction of sp³-hybridized carbons (Fsp3) is 0.345. The van der Waals surface area contributed by atoms with E-state index >= 15 is 0 Å². The van der Waals surface area contributed by atoms with Gasteiger partial charge in [-0.15, -0.1) is 0 Å². The van der Waals surface area contributed by atoms with Crippen molar-refractivity contribution in [1.29, 1.82) is 0 Å². The number of carboxylic acids is 1. The quantitative estimate of drug-likeness (QED) is 0.0367. The standard InChI is InChI=1S/C29H38N12O5/c30-20(9-17-12-33-14-37-17)25(42)40-23(8-16-11-36-21-5-2-1-4-19(16)21)26(43)41-24(10-18-13-34-15-38-18)27(44)39-22(28(45)46)6-3-7-35-29(31)32/h1-2,4-5,11-15,20,22-24,36H,3,6-10,30H2,(H,33,37)(H,34,38)(H,39,44)(H,40,42)(H,41,43)(H,45,46)(H4,31,32,35). The van der Waals surface area contributed by atoms with Gasteiger partial charge in [-0.2, -0.15) is 0 Å². The number of hydrogen-bond donors (Lipinski definition) is 10. The highest BCUT2D eigenvalue weighted by Crippen LogP contribution is 2.19. The number of aliphatic imine (C=N–C) groups is 1. The SMILES string of the molecule is NC(N)=NCCCC(NC(=O)C(Cc1cnc[nH]1)NC(=O)C(Cc1c[nH]c2ccccc12)NC(=O)C(N)Cc1cnc[nH]1)C(=O)O. The zero-order valence-corrected chi connectivity index (χ0v) is 24.9. The Morgan fingerprint density at radius 2 is 1.43 bits per heavy atom. The van der Waals surface area contributed by atoms with E-state index < -0.39 is 47.9 Å². The summed E-state index contributed by atoms with van der Waals surface area (Å²) >= 11 is 0. The monoisotopic (exact) mass is 634 g/mol. The molecule has 0 fully saturated rings. The van der Waals surface area contributed by atoms with E-state index in [1.165, 1.54) is 18.9 Å². The Kier molecular flexibility index (Phi) is 11.4. The van der Waals surface area contributed by atoms with Crippen LogP contribution in [0.25, 0.3) is 10.9 Å². The second-order valence-electron chi connectivity index (χ2n) is 10.7. The molecule has 4 rings (SSSR count). The third kappa shape index (κ3) is 9.39. The highest BCUT2D eigenvalue weighted by molar-refractivity contribution is 5.95. The first kappa shape index (κ1) is 33.2. The van der Waals surface area contributed by atoms with Gasteiger partial charge in [-0.3, -0.25) is 19.4 Å². The summed E-state index contributed by atoms with van der Waals surface area (Å²) in [6.07, 6.45) is 8.16. The van der Waals surface area contributed by atoms with E-state index in [0.29, 0.717) is 11.4 Å². The van der Waals surface area contributed by atoms with Crippen LogP contribution in [0.5, 0.6) is 0 Å². The Labute approximate surface area is 263 Å². The largest absolute Gasteiger partial charge is 0.480 e. The van der Waals surface area contributed by atoms with Gasteiger partial charge in [0.05, 0.1) is 18.7 Å². The number of aromatic amines is 3. The molecule has 13 N–H and O–H groups in total. The molecule has 17 nitrogen and oxygen atoms in total. The van der Waals surface area contributed by atoms with Gasteiger partial charge in [0.2, 0.25) is 17.7 Å². The van der Waals surface area contributed by atoms with Gasteiger partial charge in [-0.05, 0) is 24.5 Å². The Hall–Kier alpha value is -5.71. The molecular formula is C29H38N12O5. The first-order chi connectivity index (χ1) is 22.1. The molecule has 0 saturated heterocycles. The smallest absolute Gasteiger partial charge is 0.326 e. The fourth-order valence-corrected chi connectivity index (χ4v) is 4.87. The minimum absolute atomic E-state index is 0.0367. The van der Waals surface area contributed by atoms with Gasteiger partial charge in [0.1, 0.15) is 18.1 Å². The number of rotatable bonds is 17. The number of hydrogen-bond acceptors (Lipinski definition) is 8. The highest BCUT2D eigenvalue weighted by Gasteiger charge is 2.31. The predicted octanol–water partition coefficient (Wildman–Crippen LogP) is -1.44. The summed E-state index contributed by atoms with van der Waals surface area (Å²) in [6.45, 7) is 0.175. The second-order valence-corrected chi connectivity index (χ2v) is 10.7. The summed E-state index contributed by atoms with van der Waals surface area (Å²) in [6, 6.07) is 2.84. The number of carbonyl (C=O) groups is 4. The van der Waals surface area contributed by atoms with Crippen LogP contribution in [-0.4, -0.2) is 90.4 Å². The molecule has 4 atom stereocenters. The van der Waals surface area contributed by atoms with E-state index in [2.05, 4.69) is 45.9 Å². The molecule has 0 bridgehead atoms. The molecule has 0 aliphatic carbocycles. The first-order valence-electron chi connectivity index (χ1n) is 14.5. The minimum atomic E-state index is -1.27. The molecule has 3 heterocycles. The van der Waals surface area contributed by atoms with Gasteiger partial charge in [0, 0.05) is 66.7 Å². The van der Waals surface area contributed by atoms with Crippen molar-refractivity contribution in [2.45, 2.75) is 56.3 Å². The van der Waals surface area contributed by atoms with Gasteiger partial charge in [-0.25, -0.2) is 14.8 Å². The molecule has 1 aromatic carbocycles. The van der Waals surface area contributed by atoms with E-state index in [4.69, 9.17) is 17.2 Å². The number of imidazole rings is 2. The summed E-state index contributed by atoms with van der Waals surface area (Å²) in [5, 5.41) is 18.5. The number of carboxylic acid groups (broad SMARTS) is 1. The lowest BCUT2D eigenvalue weighted by Gasteiger charge is -2.25. The van der Waals surface area contributed by atoms with Crippen molar-refractivity contribution >= 4 is 40.6 Å². The second kappa shape index (κ2) is 15.8. The van der Waals surface area contributed by atoms with Crippen LogP contribution in [0, 0.1) is 0 Å². The highest BCUT2D eigenvalue weighted by atomic mass is 16.4. The number of amides is 3. The third-order valence-corrected chi connectivity index (χ3v) is 7.24. The molecule has 0 radical (unpaired) electrons. The average molecular weight is 635 g/mol. The summed E-state index contributed by atoms with van der Waals surface area (Å²) in [4.78, 5) is 73.1. The third-order valence-electron chi connectivity index (χ3n) is 7.24. The van der Waals surface area contributed by atoms with Gasteiger partial charge in [0.15, 0.2) is 5.96 Å². The Morgan fingerprint density at radius 1 is 0.826 bits per heavy atom. The molecule has 0 aliphatic heterocycles. The van der Waals surface area contributed by atoms with Crippen molar-refractivity contribution in [2.24, 2.45) is 22.2 Å². The minimum Gasteiger partial charge on any atom is -0.480 e. The number of para-hydroxylation sites is 1. The van der Waals surface area contributed by atoms with Gasteiger partial charge >= 0.3 is 5.97 Å². The van der Waals surface area contributed by atoms with Crippen molar-refractivity contribution in [2.75, 3.05) is 6.54 Å². The first-order valence-corrected chi connectivity index (χ1v) is 14.5. The van der Waals surface area contributed by atoms with E-state index in [1.54, 1.807) is 12.4 Å². The van der Waals surface area contributed by atoms with E-state index in [1.807, 2.05) is 24.3 Å². The van der Waals surface area contributed by atoms with Crippen molar-refractivity contribution in [3.05, 3.63) is 72.5 Å². The maximum absolute atomic E-state index is 13.9. The Balaban J connectivity index is 1.54. The number of aromatic nitrogens is 5. The number of H-pyrrole nitrogens is 3. The van der Waals surface area contributed by atoms with Crippen molar-refractivity contribution in [3.8, 4) is 0 Å². The summed E-state index contributed by atoms with van der Waals surface area (Å²) in [5.41, 5.74) is 19.6. The number of nitrogens with zero attached hydrogens (tertiary/aromatic N) is 3. The maximum Gasteiger partial charge on any atom is 0.326 e. The van der Waals surface area contributed by atoms with Crippen LogP contribution in [0.15, 0.2) is 60.5 Å². The number of nitrogens with one attached hydrogen (secondary N) is 6. The lowest BCUT2D eigenvalue weighted by Crippen LogP contribution is -2.58. The lowest BCUT2D eigenvalue weighted by atomic mass is 10.0. The van der Waals surface area contributed by atoms with Crippen molar-refractivity contribution in [1.82, 2.24) is 40.9 Å². The van der Waals surface area contributed by atoms with Gasteiger partial charge < -0.3 is 53.2 Å². The topological polar surface area (TPSA) is 288 Å². The van der Waals surface area contributed by atoms with Crippen LogP contribution < -0.4 is 33.2 Å². The van der Waals surface area contributed by atoms with Crippen molar-refractivity contribution in [3.63, 3.8) is 0 Å². The van der Waals surface area contributed by atoms with Crippen LogP contribution in [-0.2, 0) is 38.4 Å². The van der Waals surface area contributed by atoms with E-state index in [0.717, 1.165) is 16.5 Å². The maximum atomic E-state index is 13.9. The molecule has 4 aromatic rings. The number of fused-ring (bicyclic) bond motifs is 1. The number of aliphatic carboxylic acids is 1. The predicted molar refractivity (Wildman–Crippen MR) is 168 cm³/mol. The molecule has 3 aromatic heterocycles. The zero-order valence-electron chi connectivity index (χ0n) is 24.9. The summed E-state index contributed by atoms with van der Waals surface area (Å²) in [5.74, 6) is -3.40. The molecule has 0 spiro atoms. The fourth-order valence-electron chi connectivity index (χ4n) is 4.87. The van der Waals surface area contributed by atoms with Crippen LogP contribution in [0.2, 0.25) is 0 Å². The summed E-state index contributed by atoms with van der Waals surface area (Å²) < 4.78 is 0. The molecule has 0 aliphatic rings. The number of guanidine groups is 1. The average Bonchev–Trinajstić information content (AvgIpc) is 3.81. The van der Waals surface area contributed by atoms with Crippen LogP contribution in [0.3, 0.4) is 0 Å². The summed E-state index contributed by atoms with van der Waals surface area (Å²) in [7, 11) is 0. The Bertz CT molecular complexity index is 1630. The number of benzene rings is 1. The lowest BCUT2D eigenvalue weighted by molar-refractivity contribution is -0.142. The molecule has 0 saturated carbocycles. The number of carbonyl (C=O) groups excluding carboxylic acids is 3. The van der Waals surface area contributed by atoms with Gasteiger partial charge in [0.25, 0.3) is 0 Å². The number of nitrogens with two attached hydrogens (primary N) is 3. The van der Waals surface area contributed by atoms with Crippen LogP contribution in [0.1, 0.15) is 29.8 Å². The van der Waals surface area contributed by atoms with E-state index in [-0.39, 0.29) is 44.6 Å². The zero-order chi connectivity index (χ0) is 33.1. The van der Waals surface area contributed by atoms with Gasteiger partial charge in [-0.1, -0.05) is 18.2 Å². The van der Waals surface area contributed by atoms with E-state index in [9.17, 15) is 24.3 Å². The van der Waals surface area contributed by atoms with Crippen LogP contribution >= 0.6 is 0 Å². The molecular weight excluding hydrogens is 596 g/mol. The molecule has 4 unspecified atom stereocenters. The normalized spacial score (nSPS) is 13.7. The molecule has 46 heavy (non-hydrogen) atoms. The Morgan fingerprint density at radius 3 is 2.07 bits per heavy atom.